The smallest absolute Gasteiger partial charge is 0.416 e. The summed E-state index contributed by atoms with van der Waals surface area (Å²) in [6.07, 6.45) is -3.62. The van der Waals surface area contributed by atoms with Crippen LogP contribution in [-0.2, 0) is 6.18 Å². The van der Waals surface area contributed by atoms with Crippen molar-refractivity contribution in [2.24, 2.45) is 0 Å². The van der Waals surface area contributed by atoms with Gasteiger partial charge in [0.1, 0.15) is 12.4 Å². The van der Waals surface area contributed by atoms with Crippen molar-refractivity contribution in [3.63, 3.8) is 0 Å². The maximum absolute atomic E-state index is 13.5. The molecule has 0 atom stereocenters. The van der Waals surface area contributed by atoms with Crippen molar-refractivity contribution in [2.75, 3.05) is 52.5 Å². The van der Waals surface area contributed by atoms with Gasteiger partial charge in [0.2, 0.25) is 0 Å². The lowest BCUT2D eigenvalue weighted by atomic mass is 10.2. The van der Waals surface area contributed by atoms with E-state index in [4.69, 9.17) is 9.47 Å². The number of alkyl halides is 3. The Labute approximate surface area is 174 Å². The summed E-state index contributed by atoms with van der Waals surface area (Å²) in [4.78, 5) is 4.58. The summed E-state index contributed by atoms with van der Waals surface area (Å²) in [6.45, 7) is 5.99. The molecule has 30 heavy (non-hydrogen) atoms. The molecular weight excluding hydrogens is 400 g/mol. The molecule has 2 aromatic carbocycles. The Morgan fingerprint density at radius 3 is 2.20 bits per heavy atom. The second-order valence-electron chi connectivity index (χ2n) is 7.19. The Morgan fingerprint density at radius 1 is 0.800 bits per heavy atom. The lowest BCUT2D eigenvalue weighted by Gasteiger charge is -2.34. The summed E-state index contributed by atoms with van der Waals surface area (Å²) in [6, 6.07) is 11.3. The average molecular weight is 426 g/mol. The van der Waals surface area contributed by atoms with Crippen molar-refractivity contribution < 1.29 is 27.0 Å². The molecule has 0 amide bonds. The van der Waals surface area contributed by atoms with Crippen LogP contribution in [0.5, 0.6) is 11.5 Å². The second kappa shape index (κ2) is 10.6. The third-order valence-corrected chi connectivity index (χ3v) is 5.02. The van der Waals surface area contributed by atoms with Crippen LogP contribution in [0.4, 0.5) is 17.6 Å². The van der Waals surface area contributed by atoms with Crippen LogP contribution < -0.4 is 9.47 Å². The van der Waals surface area contributed by atoms with Crippen molar-refractivity contribution in [1.82, 2.24) is 9.80 Å². The lowest BCUT2D eigenvalue weighted by Crippen LogP contribution is -2.47. The first-order valence-corrected chi connectivity index (χ1v) is 10.0. The summed E-state index contributed by atoms with van der Waals surface area (Å²) in [5.41, 5.74) is -0.699. The quantitative estimate of drug-likeness (QED) is 0.441. The van der Waals surface area contributed by atoms with E-state index >= 15 is 0 Å². The molecule has 1 saturated heterocycles. The minimum Gasteiger partial charge on any atom is -0.494 e. The van der Waals surface area contributed by atoms with Gasteiger partial charge in [0, 0.05) is 39.3 Å². The molecule has 0 radical (unpaired) electrons. The van der Waals surface area contributed by atoms with Crippen molar-refractivity contribution in [2.45, 2.75) is 12.6 Å². The van der Waals surface area contributed by atoms with E-state index in [2.05, 4.69) is 9.80 Å². The van der Waals surface area contributed by atoms with Gasteiger partial charge in [0.15, 0.2) is 11.6 Å². The normalized spacial score (nSPS) is 15.9. The third-order valence-electron chi connectivity index (χ3n) is 5.02. The van der Waals surface area contributed by atoms with E-state index in [1.54, 1.807) is 18.2 Å². The van der Waals surface area contributed by atoms with E-state index in [-0.39, 0.29) is 17.3 Å². The minimum atomic E-state index is -4.36. The van der Waals surface area contributed by atoms with Crippen molar-refractivity contribution in [3.05, 3.63) is 59.9 Å². The van der Waals surface area contributed by atoms with Gasteiger partial charge in [-0.05, 0) is 36.8 Å². The lowest BCUT2D eigenvalue weighted by molar-refractivity contribution is -0.137. The summed E-state index contributed by atoms with van der Waals surface area (Å²) >= 11 is 0. The number of hydrogen-bond acceptors (Lipinski definition) is 4. The molecule has 0 aliphatic carbocycles. The van der Waals surface area contributed by atoms with E-state index < -0.39 is 11.7 Å². The van der Waals surface area contributed by atoms with Crippen LogP contribution in [-0.4, -0.2) is 62.3 Å². The molecule has 2 aromatic rings. The van der Waals surface area contributed by atoms with Gasteiger partial charge >= 0.3 is 6.18 Å². The number of piperazine rings is 1. The van der Waals surface area contributed by atoms with Crippen LogP contribution >= 0.6 is 0 Å². The molecule has 0 spiro atoms. The zero-order chi connectivity index (χ0) is 21.4. The molecule has 0 aromatic heterocycles. The molecule has 0 bridgehead atoms. The Morgan fingerprint density at radius 2 is 1.50 bits per heavy atom. The van der Waals surface area contributed by atoms with E-state index in [0.717, 1.165) is 57.8 Å². The van der Waals surface area contributed by atoms with Gasteiger partial charge in [-0.3, -0.25) is 4.90 Å². The molecule has 1 fully saturated rings. The number of nitrogens with zero attached hydrogens (tertiary/aromatic N) is 2. The topological polar surface area (TPSA) is 24.9 Å². The molecule has 1 aliphatic rings. The molecule has 1 heterocycles. The molecule has 1 aliphatic heterocycles. The maximum atomic E-state index is 13.5. The van der Waals surface area contributed by atoms with Gasteiger partial charge in [-0.15, -0.1) is 0 Å². The Hall–Kier alpha value is -2.32. The maximum Gasteiger partial charge on any atom is 0.416 e. The zero-order valence-corrected chi connectivity index (χ0v) is 16.7. The number of benzene rings is 2. The van der Waals surface area contributed by atoms with Crippen LogP contribution in [0.3, 0.4) is 0 Å². The average Bonchev–Trinajstić information content (AvgIpc) is 2.73. The Balaban J connectivity index is 1.29. The van der Waals surface area contributed by atoms with Crippen LogP contribution in [0.1, 0.15) is 12.0 Å². The van der Waals surface area contributed by atoms with E-state index in [9.17, 15) is 17.6 Å². The van der Waals surface area contributed by atoms with Gasteiger partial charge in [0.05, 0.1) is 12.2 Å². The number of hydrogen-bond donors (Lipinski definition) is 0. The van der Waals surface area contributed by atoms with Crippen molar-refractivity contribution in [3.8, 4) is 11.5 Å². The van der Waals surface area contributed by atoms with Gasteiger partial charge < -0.3 is 14.4 Å². The number of halogens is 4. The highest BCUT2D eigenvalue weighted by Gasteiger charge is 2.30. The van der Waals surface area contributed by atoms with Crippen LogP contribution in [0.25, 0.3) is 0 Å². The predicted molar refractivity (Wildman–Crippen MR) is 106 cm³/mol. The minimum absolute atomic E-state index is 0.240. The SMILES string of the molecule is Fc1ccccc1OCCN1CCN(CCCOc2cccc(C(F)(F)F)c2)CC1. The molecule has 0 unspecified atom stereocenters. The standard InChI is InChI=1S/C22H26F4N2O2/c23-20-7-1-2-8-21(20)30-16-14-28-12-10-27(11-13-28)9-4-15-29-19-6-3-5-18(17-19)22(24,25)26/h1-3,5-8,17H,4,9-16H2. The highest BCUT2D eigenvalue weighted by Crippen LogP contribution is 2.31. The van der Waals surface area contributed by atoms with Gasteiger partial charge in [-0.1, -0.05) is 18.2 Å². The third kappa shape index (κ3) is 6.88. The van der Waals surface area contributed by atoms with Crippen LogP contribution in [0.15, 0.2) is 48.5 Å². The first kappa shape index (κ1) is 22.4. The number of para-hydroxylation sites is 1. The predicted octanol–water partition coefficient (Wildman–Crippen LogP) is 4.31. The van der Waals surface area contributed by atoms with Gasteiger partial charge in [-0.2, -0.15) is 13.2 Å². The first-order valence-electron chi connectivity index (χ1n) is 10.0. The molecule has 4 nitrogen and oxygen atoms in total. The fraction of sp³-hybridized carbons (Fsp3) is 0.455. The molecule has 164 valence electrons. The number of ether oxygens (including phenoxy) is 2. The van der Waals surface area contributed by atoms with Crippen LogP contribution in [0.2, 0.25) is 0 Å². The molecular formula is C22H26F4N2O2. The summed E-state index contributed by atoms with van der Waals surface area (Å²) in [5.74, 6) is 0.163. The summed E-state index contributed by atoms with van der Waals surface area (Å²) < 4.78 is 62.7. The highest BCUT2D eigenvalue weighted by atomic mass is 19.4. The fourth-order valence-corrected chi connectivity index (χ4v) is 3.32. The monoisotopic (exact) mass is 426 g/mol. The van der Waals surface area contributed by atoms with Crippen LogP contribution in [0, 0.1) is 5.82 Å². The second-order valence-corrected chi connectivity index (χ2v) is 7.19. The molecule has 0 saturated carbocycles. The zero-order valence-electron chi connectivity index (χ0n) is 16.7. The van der Waals surface area contributed by atoms with Crippen molar-refractivity contribution >= 4 is 0 Å². The molecule has 0 N–H and O–H groups in total. The van der Waals surface area contributed by atoms with E-state index in [1.165, 1.54) is 18.2 Å². The van der Waals surface area contributed by atoms with E-state index in [1.807, 2.05) is 0 Å². The van der Waals surface area contributed by atoms with Gasteiger partial charge in [0.25, 0.3) is 0 Å². The summed E-state index contributed by atoms with van der Waals surface area (Å²) in [5, 5.41) is 0. The Kier molecular flexibility index (Phi) is 7.93. The van der Waals surface area contributed by atoms with Crippen molar-refractivity contribution in [1.29, 1.82) is 0 Å². The summed E-state index contributed by atoms with van der Waals surface area (Å²) in [7, 11) is 0. The van der Waals surface area contributed by atoms with Gasteiger partial charge in [-0.25, -0.2) is 4.39 Å². The number of rotatable bonds is 9. The molecule has 8 heteroatoms. The highest BCUT2D eigenvalue weighted by molar-refractivity contribution is 5.30. The largest absolute Gasteiger partial charge is 0.494 e. The molecule has 3 rings (SSSR count). The Bertz CT molecular complexity index is 793. The van der Waals surface area contributed by atoms with E-state index in [0.29, 0.717) is 13.2 Å². The first-order chi connectivity index (χ1) is 14.4. The fourth-order valence-electron chi connectivity index (χ4n) is 3.32.